The van der Waals surface area contributed by atoms with E-state index < -0.39 is 0 Å². The molecule has 2 nitrogen and oxygen atoms in total. The Morgan fingerprint density at radius 2 is 1.31 bits per heavy atom. The minimum absolute atomic E-state index is 0.159. The van der Waals surface area contributed by atoms with Crippen LogP contribution in [0.1, 0.15) is 46.2 Å². The zero-order chi connectivity index (χ0) is 12.6. The summed E-state index contributed by atoms with van der Waals surface area (Å²) in [6.07, 6.45) is 0. The van der Waals surface area contributed by atoms with Gasteiger partial charge in [-0.25, -0.2) is 0 Å². The topological polar surface area (TPSA) is 38.0 Å². The molecule has 0 amide bonds. The van der Waals surface area contributed by atoms with Gasteiger partial charge in [-0.2, -0.15) is 0 Å². The van der Waals surface area contributed by atoms with Crippen molar-refractivity contribution in [1.29, 1.82) is 0 Å². The van der Waals surface area contributed by atoms with E-state index in [0.717, 1.165) is 0 Å². The van der Waals surface area contributed by atoms with E-state index >= 15 is 0 Å². The first-order valence-electron chi connectivity index (χ1n) is 6.00. The number of benzene rings is 1. The molecule has 0 saturated heterocycles. The monoisotopic (exact) mass is 222 g/mol. The second-order valence-corrected chi connectivity index (χ2v) is 4.68. The predicted octanol–water partition coefficient (Wildman–Crippen LogP) is 3.10. The second kappa shape index (κ2) is 8.31. The number of hydrogen-bond donors (Lipinski definition) is 2. The third-order valence-corrected chi connectivity index (χ3v) is 1.99. The molecule has 0 aliphatic carbocycles. The quantitative estimate of drug-likeness (QED) is 0.824. The Balaban J connectivity index is 0.000000293. The lowest BCUT2D eigenvalue weighted by atomic mass is 10.1. The van der Waals surface area contributed by atoms with Gasteiger partial charge in [0, 0.05) is 18.1 Å². The molecule has 0 bridgehead atoms. The van der Waals surface area contributed by atoms with Crippen LogP contribution in [-0.4, -0.2) is 12.1 Å². The molecule has 0 aromatic heterocycles. The van der Waals surface area contributed by atoms with Gasteiger partial charge in [0.05, 0.1) is 0 Å². The van der Waals surface area contributed by atoms with Crippen LogP contribution in [0.4, 0.5) is 0 Å². The van der Waals surface area contributed by atoms with Crippen molar-refractivity contribution in [1.82, 2.24) is 5.32 Å². The summed E-state index contributed by atoms with van der Waals surface area (Å²) in [5.74, 6) is 0. The molecule has 1 aromatic rings. The summed E-state index contributed by atoms with van der Waals surface area (Å²) < 4.78 is 0. The van der Waals surface area contributed by atoms with Gasteiger partial charge in [0.25, 0.3) is 0 Å². The Morgan fingerprint density at radius 3 is 1.50 bits per heavy atom. The first kappa shape index (κ1) is 15.1. The van der Waals surface area contributed by atoms with Gasteiger partial charge >= 0.3 is 0 Å². The lowest BCUT2D eigenvalue weighted by Crippen LogP contribution is -2.29. The average molecular weight is 222 g/mol. The Kier molecular flexibility index (Phi) is 7.86. The highest BCUT2D eigenvalue weighted by Crippen LogP contribution is 2.06. The number of rotatable bonds is 3. The maximum Gasteiger partial charge on any atom is 0.0266 e. The van der Waals surface area contributed by atoms with Gasteiger partial charge in [0.1, 0.15) is 0 Å². The zero-order valence-electron chi connectivity index (χ0n) is 11.2. The van der Waals surface area contributed by atoms with Crippen LogP contribution in [0.2, 0.25) is 0 Å². The third-order valence-electron chi connectivity index (χ3n) is 1.99. The molecule has 0 heterocycles. The number of hydrogen-bond acceptors (Lipinski definition) is 2. The molecule has 1 rings (SSSR count). The molecule has 0 fully saturated rings. The average Bonchev–Trinajstić information content (AvgIpc) is 2.17. The van der Waals surface area contributed by atoms with Crippen molar-refractivity contribution in [3.05, 3.63) is 35.9 Å². The van der Waals surface area contributed by atoms with Crippen LogP contribution in [0.3, 0.4) is 0 Å². The summed E-state index contributed by atoms with van der Waals surface area (Å²) in [7, 11) is 0. The first-order chi connectivity index (χ1) is 7.43. The highest BCUT2D eigenvalue weighted by Gasteiger charge is 1.93. The van der Waals surface area contributed by atoms with E-state index in [9.17, 15) is 0 Å². The van der Waals surface area contributed by atoms with E-state index in [0.29, 0.717) is 12.1 Å². The van der Waals surface area contributed by atoms with E-state index in [-0.39, 0.29) is 6.04 Å². The van der Waals surface area contributed by atoms with Crippen molar-refractivity contribution in [3.63, 3.8) is 0 Å². The summed E-state index contributed by atoms with van der Waals surface area (Å²) >= 11 is 0. The van der Waals surface area contributed by atoms with Gasteiger partial charge in [0.15, 0.2) is 0 Å². The van der Waals surface area contributed by atoms with E-state index in [1.807, 2.05) is 37.3 Å². The largest absolute Gasteiger partial charge is 0.324 e. The molecule has 1 atom stereocenters. The van der Waals surface area contributed by atoms with Crippen LogP contribution in [0.25, 0.3) is 0 Å². The zero-order valence-corrected chi connectivity index (χ0v) is 11.2. The van der Waals surface area contributed by atoms with Crippen LogP contribution >= 0.6 is 0 Å². The van der Waals surface area contributed by atoms with Crippen LogP contribution in [0.15, 0.2) is 30.3 Å². The first-order valence-corrected chi connectivity index (χ1v) is 6.00. The Morgan fingerprint density at radius 1 is 0.875 bits per heavy atom. The Labute approximate surface area is 100 Å². The Hall–Kier alpha value is -0.860. The van der Waals surface area contributed by atoms with Crippen molar-refractivity contribution < 1.29 is 0 Å². The fourth-order valence-electron chi connectivity index (χ4n) is 1.42. The standard InChI is InChI=1S/C8H11N.C6H15N/c1-7(9)8-5-3-2-4-6-8;1-5(2)7-6(3)4/h2-7H,9H2,1H3;5-7H,1-4H3. The summed E-state index contributed by atoms with van der Waals surface area (Å²) in [5, 5.41) is 3.31. The van der Waals surface area contributed by atoms with Crippen molar-refractivity contribution in [2.45, 2.75) is 52.7 Å². The number of nitrogens with two attached hydrogens (primary N) is 1. The molecule has 0 aliphatic rings. The SMILES string of the molecule is CC(C)NC(C)C.CC(N)c1ccccc1. The van der Waals surface area contributed by atoms with Gasteiger partial charge in [-0.15, -0.1) is 0 Å². The van der Waals surface area contributed by atoms with E-state index in [1.165, 1.54) is 5.56 Å². The molecule has 1 aromatic carbocycles. The third kappa shape index (κ3) is 8.45. The molecule has 0 aliphatic heterocycles. The fourth-order valence-corrected chi connectivity index (χ4v) is 1.42. The lowest BCUT2D eigenvalue weighted by Gasteiger charge is -2.10. The van der Waals surface area contributed by atoms with E-state index in [1.54, 1.807) is 0 Å². The molecule has 0 spiro atoms. The van der Waals surface area contributed by atoms with Gasteiger partial charge in [-0.3, -0.25) is 0 Å². The Bertz CT molecular complexity index is 247. The molecule has 92 valence electrons. The highest BCUT2D eigenvalue weighted by atomic mass is 14.9. The summed E-state index contributed by atoms with van der Waals surface area (Å²) in [6, 6.07) is 11.5. The normalized spacial score (nSPS) is 12.2. The van der Waals surface area contributed by atoms with Gasteiger partial charge in [-0.05, 0) is 12.5 Å². The summed E-state index contributed by atoms with van der Waals surface area (Å²) in [6.45, 7) is 10.6. The smallest absolute Gasteiger partial charge is 0.0266 e. The maximum atomic E-state index is 5.61. The minimum atomic E-state index is 0.159. The van der Waals surface area contributed by atoms with Gasteiger partial charge in [-0.1, -0.05) is 58.0 Å². The molecule has 0 saturated carbocycles. The second-order valence-electron chi connectivity index (χ2n) is 4.68. The maximum absolute atomic E-state index is 5.61. The molecule has 0 radical (unpaired) electrons. The fraction of sp³-hybridized carbons (Fsp3) is 0.571. The van der Waals surface area contributed by atoms with Crippen molar-refractivity contribution in [2.75, 3.05) is 0 Å². The predicted molar refractivity (Wildman–Crippen MR) is 72.5 cm³/mol. The van der Waals surface area contributed by atoms with E-state index in [4.69, 9.17) is 5.73 Å². The lowest BCUT2D eigenvalue weighted by molar-refractivity contribution is 0.518. The molecular formula is C14H26N2. The number of nitrogens with one attached hydrogen (secondary N) is 1. The van der Waals surface area contributed by atoms with E-state index in [2.05, 4.69) is 33.0 Å². The summed E-state index contributed by atoms with van der Waals surface area (Å²) in [4.78, 5) is 0. The van der Waals surface area contributed by atoms with Crippen LogP contribution in [0, 0.1) is 0 Å². The molecule has 16 heavy (non-hydrogen) atoms. The van der Waals surface area contributed by atoms with Gasteiger partial charge in [0.2, 0.25) is 0 Å². The molecule has 1 unspecified atom stereocenters. The van der Waals surface area contributed by atoms with Crippen molar-refractivity contribution >= 4 is 0 Å². The van der Waals surface area contributed by atoms with Crippen LogP contribution < -0.4 is 11.1 Å². The molecule has 3 N–H and O–H groups in total. The molecule has 2 heteroatoms. The van der Waals surface area contributed by atoms with Crippen LogP contribution in [0.5, 0.6) is 0 Å². The van der Waals surface area contributed by atoms with Crippen molar-refractivity contribution in [3.8, 4) is 0 Å². The minimum Gasteiger partial charge on any atom is -0.324 e. The van der Waals surface area contributed by atoms with Gasteiger partial charge < -0.3 is 11.1 Å². The highest BCUT2D eigenvalue weighted by molar-refractivity contribution is 5.17. The molecular weight excluding hydrogens is 196 g/mol. The summed E-state index contributed by atoms with van der Waals surface area (Å²) in [5.41, 5.74) is 6.81. The van der Waals surface area contributed by atoms with Crippen LogP contribution in [-0.2, 0) is 0 Å². The van der Waals surface area contributed by atoms with Crippen molar-refractivity contribution in [2.24, 2.45) is 5.73 Å².